The fourth-order valence-electron chi connectivity index (χ4n) is 3.25. The molecule has 3 rings (SSSR count). The Labute approximate surface area is 169 Å². The molecule has 3 amide bonds. The lowest BCUT2D eigenvalue weighted by Crippen LogP contribution is -2.48. The number of anilines is 2. The normalized spacial score (nSPS) is 17.3. The lowest BCUT2D eigenvalue weighted by molar-refractivity contribution is -0.137. The molecule has 0 bridgehead atoms. The van der Waals surface area contributed by atoms with E-state index in [-0.39, 0.29) is 24.8 Å². The Hall–Kier alpha value is -2.46. The average molecular weight is 455 g/mol. The zero-order valence-electron chi connectivity index (χ0n) is 15.2. The van der Waals surface area contributed by atoms with Gasteiger partial charge in [0.1, 0.15) is 11.5 Å². The highest BCUT2D eigenvalue weighted by Crippen LogP contribution is 2.34. The Morgan fingerprint density at radius 2 is 1.93 bits per heavy atom. The molecule has 28 heavy (non-hydrogen) atoms. The second-order valence-corrected chi connectivity index (χ2v) is 7.34. The minimum absolute atomic E-state index is 0.00182. The largest absolute Gasteiger partial charge is 0.395 e. The summed E-state index contributed by atoms with van der Waals surface area (Å²) in [7, 11) is 0. The van der Waals surface area contributed by atoms with E-state index >= 15 is 0 Å². The van der Waals surface area contributed by atoms with Crippen LogP contribution in [0.2, 0.25) is 0 Å². The fourth-order valence-corrected chi connectivity index (χ4v) is 3.94. The topological polar surface area (TPSA) is 93.2 Å². The first kappa shape index (κ1) is 20.3. The number of rotatable bonds is 5. The predicted octanol–water partition coefficient (Wildman–Crippen LogP) is 0.914. The van der Waals surface area contributed by atoms with Crippen molar-refractivity contribution >= 4 is 45.0 Å². The summed E-state index contributed by atoms with van der Waals surface area (Å²) in [5, 5.41) is 11.7. The van der Waals surface area contributed by atoms with Gasteiger partial charge in [0.2, 0.25) is 5.91 Å². The summed E-state index contributed by atoms with van der Waals surface area (Å²) < 4.78 is 15.3. The van der Waals surface area contributed by atoms with E-state index in [0.717, 1.165) is 11.0 Å². The molecule has 10 heteroatoms. The third kappa shape index (κ3) is 4.02. The van der Waals surface area contributed by atoms with Crippen molar-refractivity contribution in [3.05, 3.63) is 34.2 Å². The van der Waals surface area contributed by atoms with E-state index in [1.807, 2.05) is 4.90 Å². The van der Waals surface area contributed by atoms with Gasteiger partial charge in [0.25, 0.3) is 11.8 Å². The minimum Gasteiger partial charge on any atom is -0.395 e. The molecule has 0 radical (unpaired) electrons. The molecule has 0 spiro atoms. The van der Waals surface area contributed by atoms with Crippen LogP contribution >= 0.6 is 15.9 Å². The molecule has 0 atom stereocenters. The van der Waals surface area contributed by atoms with Crippen LogP contribution in [0.15, 0.2) is 28.4 Å². The molecule has 8 nitrogen and oxygen atoms in total. The van der Waals surface area contributed by atoms with Crippen LogP contribution in [0.5, 0.6) is 0 Å². The van der Waals surface area contributed by atoms with E-state index < -0.39 is 17.6 Å². The van der Waals surface area contributed by atoms with Crippen molar-refractivity contribution in [3.8, 4) is 0 Å². The van der Waals surface area contributed by atoms with Crippen molar-refractivity contribution < 1.29 is 23.9 Å². The van der Waals surface area contributed by atoms with Crippen molar-refractivity contribution in [1.29, 1.82) is 0 Å². The summed E-state index contributed by atoms with van der Waals surface area (Å²) >= 11 is 3.37. The predicted molar refractivity (Wildman–Crippen MR) is 104 cm³/mol. The molecule has 0 aliphatic carbocycles. The SMILES string of the molecule is CC(=O)N1CCN(c2c(F)cc(NC3=CC(=O)N(CCO)C3=O)cc2Br)CC1. The maximum atomic E-state index is 14.8. The quantitative estimate of drug-likeness (QED) is 0.642. The van der Waals surface area contributed by atoms with E-state index in [2.05, 4.69) is 21.2 Å². The highest BCUT2D eigenvalue weighted by Gasteiger charge is 2.31. The second-order valence-electron chi connectivity index (χ2n) is 6.48. The molecule has 2 heterocycles. The van der Waals surface area contributed by atoms with Crippen molar-refractivity contribution in [2.24, 2.45) is 0 Å². The van der Waals surface area contributed by atoms with E-state index in [0.29, 0.717) is 42.0 Å². The second kappa shape index (κ2) is 8.27. The molecular formula is C18H20BrFN4O4. The highest BCUT2D eigenvalue weighted by molar-refractivity contribution is 9.10. The maximum absolute atomic E-state index is 14.8. The number of aliphatic hydroxyl groups is 1. The van der Waals surface area contributed by atoms with E-state index in [1.54, 1.807) is 11.0 Å². The third-order valence-corrected chi connectivity index (χ3v) is 5.27. The van der Waals surface area contributed by atoms with Gasteiger partial charge in [0.05, 0.1) is 18.8 Å². The fraction of sp³-hybridized carbons (Fsp3) is 0.389. The minimum atomic E-state index is -0.569. The summed E-state index contributed by atoms with van der Waals surface area (Å²) in [6.45, 7) is 3.15. The molecule has 1 saturated heterocycles. The Balaban J connectivity index is 1.74. The Morgan fingerprint density at radius 3 is 2.50 bits per heavy atom. The van der Waals surface area contributed by atoms with Gasteiger partial charge in [-0.25, -0.2) is 4.39 Å². The van der Waals surface area contributed by atoms with Crippen LogP contribution in [0.3, 0.4) is 0 Å². The van der Waals surface area contributed by atoms with Crippen LogP contribution in [-0.4, -0.2) is 72.0 Å². The van der Waals surface area contributed by atoms with Gasteiger partial charge in [0, 0.05) is 49.3 Å². The van der Waals surface area contributed by atoms with Crippen LogP contribution in [0, 0.1) is 5.82 Å². The third-order valence-electron chi connectivity index (χ3n) is 4.67. The Kier molecular flexibility index (Phi) is 5.99. The van der Waals surface area contributed by atoms with Crippen molar-refractivity contribution in [3.63, 3.8) is 0 Å². The van der Waals surface area contributed by atoms with Crippen molar-refractivity contribution in [1.82, 2.24) is 9.80 Å². The summed E-state index contributed by atoms with van der Waals surface area (Å²) in [6.07, 6.45) is 1.12. The molecule has 0 unspecified atom stereocenters. The smallest absolute Gasteiger partial charge is 0.277 e. The number of nitrogens with one attached hydrogen (secondary N) is 1. The molecule has 2 aliphatic rings. The van der Waals surface area contributed by atoms with Crippen molar-refractivity contribution in [2.45, 2.75) is 6.92 Å². The number of aliphatic hydroxyl groups excluding tert-OH is 1. The molecule has 0 aromatic heterocycles. The summed E-state index contributed by atoms with van der Waals surface area (Å²) in [4.78, 5) is 39.9. The molecule has 150 valence electrons. The van der Waals surface area contributed by atoms with Gasteiger partial charge >= 0.3 is 0 Å². The first-order valence-electron chi connectivity index (χ1n) is 8.76. The lowest BCUT2D eigenvalue weighted by Gasteiger charge is -2.36. The standard InChI is InChI=1S/C18H20BrFN4O4/c1-11(26)22-2-4-23(5-3-22)17-13(19)8-12(9-14(17)20)21-15-10-16(27)24(6-7-25)18(15)28/h8-10,21,25H,2-7H2,1H3. The average Bonchev–Trinajstić information content (AvgIpc) is 2.89. The highest BCUT2D eigenvalue weighted by atomic mass is 79.9. The maximum Gasteiger partial charge on any atom is 0.277 e. The molecular weight excluding hydrogens is 435 g/mol. The Morgan fingerprint density at radius 1 is 1.25 bits per heavy atom. The van der Waals surface area contributed by atoms with Gasteiger partial charge in [-0.1, -0.05) is 0 Å². The van der Waals surface area contributed by atoms with Gasteiger partial charge in [-0.2, -0.15) is 0 Å². The van der Waals surface area contributed by atoms with Gasteiger partial charge in [-0.15, -0.1) is 0 Å². The number of hydrogen-bond donors (Lipinski definition) is 2. The van der Waals surface area contributed by atoms with E-state index in [4.69, 9.17) is 5.11 Å². The number of benzene rings is 1. The monoisotopic (exact) mass is 454 g/mol. The number of amides is 3. The lowest BCUT2D eigenvalue weighted by atomic mass is 10.2. The molecule has 1 fully saturated rings. The van der Waals surface area contributed by atoms with Crippen molar-refractivity contribution in [2.75, 3.05) is 49.5 Å². The number of imide groups is 1. The van der Waals surface area contributed by atoms with E-state index in [1.165, 1.54) is 13.0 Å². The Bertz CT molecular complexity index is 829. The molecule has 1 aromatic carbocycles. The van der Waals surface area contributed by atoms with Crippen LogP contribution in [0.1, 0.15) is 6.92 Å². The molecule has 1 aromatic rings. The zero-order valence-corrected chi connectivity index (χ0v) is 16.8. The zero-order chi connectivity index (χ0) is 20.4. The van der Waals surface area contributed by atoms with Crippen LogP contribution < -0.4 is 10.2 Å². The van der Waals surface area contributed by atoms with Crippen LogP contribution in [0.4, 0.5) is 15.8 Å². The van der Waals surface area contributed by atoms with Gasteiger partial charge in [-0.3, -0.25) is 19.3 Å². The number of hydrogen-bond acceptors (Lipinski definition) is 6. The number of piperazine rings is 1. The van der Waals surface area contributed by atoms with Gasteiger partial charge in [-0.05, 0) is 28.1 Å². The summed E-state index contributed by atoms with van der Waals surface area (Å²) in [6, 6.07) is 2.88. The number of halogens is 2. The number of β-amino-alcohol motifs (C(OH)–C–C–N with tert-alkyl or cyclic N) is 1. The molecule has 0 saturated carbocycles. The molecule has 2 N–H and O–H groups in total. The number of carbonyl (C=O) groups excluding carboxylic acids is 3. The first-order chi connectivity index (χ1) is 13.3. The first-order valence-corrected chi connectivity index (χ1v) is 9.56. The number of nitrogens with zero attached hydrogens (tertiary/aromatic N) is 3. The van der Waals surface area contributed by atoms with Crippen LogP contribution in [-0.2, 0) is 14.4 Å². The van der Waals surface area contributed by atoms with E-state index in [9.17, 15) is 18.8 Å². The summed E-state index contributed by atoms with van der Waals surface area (Å²) in [5.41, 5.74) is 0.722. The van der Waals surface area contributed by atoms with Gasteiger partial charge < -0.3 is 20.2 Å². The molecule has 2 aliphatic heterocycles. The van der Waals surface area contributed by atoms with Gasteiger partial charge in [0.15, 0.2) is 0 Å². The number of carbonyl (C=O) groups is 3. The van der Waals surface area contributed by atoms with Crippen LogP contribution in [0.25, 0.3) is 0 Å². The summed E-state index contributed by atoms with van der Waals surface area (Å²) in [5.74, 6) is -1.59.